The van der Waals surface area contributed by atoms with Crippen LogP contribution < -0.4 is 12.4 Å². The van der Waals surface area contributed by atoms with E-state index in [0.717, 1.165) is 25.7 Å². The van der Waals surface area contributed by atoms with E-state index in [9.17, 15) is 14.7 Å². The van der Waals surface area contributed by atoms with Gasteiger partial charge in [0.2, 0.25) is 0 Å². The standard InChI is InChI=1S/C35H70NO5.ClH/c1-4-6-8-10-12-14-16-18-20-22-24-32-40-34(38)26-28-36(3,30-31-37)29-27-35(39)41-33-25-23-21-19-17-15-13-11-9-7-5-2;/h37H,4-33H2,1-3H3;1H/q+1;/p-1. The molecule has 252 valence electrons. The molecule has 0 saturated heterocycles. The number of likely N-dealkylation sites (N-methyl/N-ethyl adjacent to an activating group) is 1. The Morgan fingerprint density at radius 3 is 1.07 bits per heavy atom. The van der Waals surface area contributed by atoms with Gasteiger partial charge in [-0.25, -0.2) is 0 Å². The van der Waals surface area contributed by atoms with Gasteiger partial charge in [0.05, 0.1) is 52.8 Å². The van der Waals surface area contributed by atoms with Gasteiger partial charge in [-0.15, -0.1) is 0 Å². The lowest BCUT2D eigenvalue weighted by molar-refractivity contribution is -0.908. The van der Waals surface area contributed by atoms with Crippen molar-refractivity contribution in [2.24, 2.45) is 0 Å². The number of rotatable bonds is 32. The van der Waals surface area contributed by atoms with Crippen molar-refractivity contribution in [1.29, 1.82) is 0 Å². The maximum Gasteiger partial charge on any atom is 0.311 e. The first-order valence-electron chi connectivity index (χ1n) is 17.7. The number of halogens is 1. The molecule has 0 rings (SSSR count). The molecule has 6 nitrogen and oxygen atoms in total. The van der Waals surface area contributed by atoms with Gasteiger partial charge < -0.3 is 31.5 Å². The quantitative estimate of drug-likeness (QED) is 0.0575. The SMILES string of the molecule is CCCCCCCCCCCCCOC(=O)CC[N+](C)(CCO)CCC(=O)OCCCCCCCCCCCCC.[Cl-]. The molecular formula is C35H70ClNO5. The Labute approximate surface area is 267 Å². The predicted molar refractivity (Wildman–Crippen MR) is 172 cm³/mol. The highest BCUT2D eigenvalue weighted by atomic mass is 35.5. The molecule has 0 atom stereocenters. The zero-order chi connectivity index (χ0) is 30.3. The molecule has 0 aliphatic carbocycles. The normalized spacial score (nSPS) is 11.3. The Hall–Kier alpha value is -0.850. The molecule has 0 spiro atoms. The largest absolute Gasteiger partial charge is 1.00 e. The molecule has 7 heteroatoms. The van der Waals surface area contributed by atoms with Crippen molar-refractivity contribution >= 4 is 11.9 Å². The lowest BCUT2D eigenvalue weighted by Crippen LogP contribution is -3.00. The van der Waals surface area contributed by atoms with E-state index in [4.69, 9.17) is 9.47 Å². The van der Waals surface area contributed by atoms with E-state index in [0.29, 0.717) is 50.2 Å². The first-order chi connectivity index (χ1) is 20.0. The summed E-state index contributed by atoms with van der Waals surface area (Å²) in [4.78, 5) is 24.5. The predicted octanol–water partition coefficient (Wildman–Crippen LogP) is 5.92. The van der Waals surface area contributed by atoms with Crippen molar-refractivity contribution in [3.8, 4) is 0 Å². The monoisotopic (exact) mass is 619 g/mol. The number of hydrogen-bond donors (Lipinski definition) is 1. The minimum absolute atomic E-state index is 0. The summed E-state index contributed by atoms with van der Waals surface area (Å²) in [5.41, 5.74) is 0. The van der Waals surface area contributed by atoms with Crippen molar-refractivity contribution in [2.75, 3.05) is 46.5 Å². The van der Waals surface area contributed by atoms with Gasteiger partial charge in [0, 0.05) is 0 Å². The molecule has 0 amide bonds. The number of ether oxygens (including phenoxy) is 2. The number of aliphatic hydroxyl groups excluding tert-OH is 1. The van der Waals surface area contributed by atoms with Crippen LogP contribution in [0.5, 0.6) is 0 Å². The summed E-state index contributed by atoms with van der Waals surface area (Å²) in [6, 6.07) is 0. The van der Waals surface area contributed by atoms with E-state index in [1.807, 2.05) is 7.05 Å². The molecule has 0 heterocycles. The van der Waals surface area contributed by atoms with Gasteiger partial charge in [-0.2, -0.15) is 0 Å². The maximum absolute atomic E-state index is 12.3. The summed E-state index contributed by atoms with van der Waals surface area (Å²) in [5, 5.41) is 9.54. The number of unbranched alkanes of at least 4 members (excludes halogenated alkanes) is 20. The summed E-state index contributed by atoms with van der Waals surface area (Å²) in [7, 11) is 1.99. The molecule has 0 fully saturated rings. The molecule has 0 aromatic rings. The van der Waals surface area contributed by atoms with Crippen LogP contribution >= 0.6 is 0 Å². The number of carbonyl (C=O) groups is 2. The van der Waals surface area contributed by atoms with Crippen LogP contribution in [-0.2, 0) is 19.1 Å². The van der Waals surface area contributed by atoms with Crippen molar-refractivity contribution in [3.63, 3.8) is 0 Å². The lowest BCUT2D eigenvalue weighted by atomic mass is 10.1. The minimum Gasteiger partial charge on any atom is -1.00 e. The van der Waals surface area contributed by atoms with Gasteiger partial charge in [-0.05, 0) is 12.8 Å². The lowest BCUT2D eigenvalue weighted by Gasteiger charge is -2.33. The van der Waals surface area contributed by atoms with Crippen molar-refractivity contribution in [3.05, 3.63) is 0 Å². The van der Waals surface area contributed by atoms with Crippen molar-refractivity contribution < 1.29 is 41.1 Å². The molecule has 0 aromatic heterocycles. The van der Waals surface area contributed by atoms with Crippen LogP contribution in [0.25, 0.3) is 0 Å². The fourth-order valence-corrected chi connectivity index (χ4v) is 5.35. The Kier molecular flexibility index (Phi) is 34.1. The summed E-state index contributed by atoms with van der Waals surface area (Å²) >= 11 is 0. The highest BCUT2D eigenvalue weighted by molar-refractivity contribution is 5.70. The average Bonchev–Trinajstić information content (AvgIpc) is 2.96. The van der Waals surface area contributed by atoms with Gasteiger partial charge in [-0.3, -0.25) is 9.59 Å². The second kappa shape index (κ2) is 33.1. The Morgan fingerprint density at radius 1 is 0.500 bits per heavy atom. The Balaban J connectivity index is 0. The Morgan fingerprint density at radius 2 is 0.786 bits per heavy atom. The molecule has 1 N–H and O–H groups in total. The maximum atomic E-state index is 12.3. The van der Waals surface area contributed by atoms with E-state index in [-0.39, 0.29) is 31.0 Å². The zero-order valence-electron chi connectivity index (χ0n) is 28.1. The van der Waals surface area contributed by atoms with E-state index in [1.165, 1.54) is 116 Å². The summed E-state index contributed by atoms with van der Waals surface area (Å²) in [6.07, 6.45) is 28.6. The highest BCUT2D eigenvalue weighted by Crippen LogP contribution is 2.13. The van der Waals surface area contributed by atoms with Crippen LogP contribution in [0.2, 0.25) is 0 Å². The van der Waals surface area contributed by atoms with E-state index < -0.39 is 0 Å². The highest BCUT2D eigenvalue weighted by Gasteiger charge is 2.24. The fourth-order valence-electron chi connectivity index (χ4n) is 5.35. The second-order valence-corrected chi connectivity index (χ2v) is 12.5. The average molecular weight is 620 g/mol. The van der Waals surface area contributed by atoms with E-state index in [1.54, 1.807) is 0 Å². The number of quaternary nitrogens is 1. The fraction of sp³-hybridized carbons (Fsp3) is 0.943. The molecule has 0 radical (unpaired) electrons. The van der Waals surface area contributed by atoms with E-state index in [2.05, 4.69) is 13.8 Å². The molecule has 0 saturated carbocycles. The van der Waals surface area contributed by atoms with Gasteiger partial charge in [-0.1, -0.05) is 142 Å². The third-order valence-electron chi connectivity index (χ3n) is 8.37. The molecule has 0 bridgehead atoms. The van der Waals surface area contributed by atoms with Gasteiger partial charge in [0.15, 0.2) is 0 Å². The molecular weight excluding hydrogens is 550 g/mol. The van der Waals surface area contributed by atoms with Crippen LogP contribution in [0, 0.1) is 0 Å². The zero-order valence-corrected chi connectivity index (χ0v) is 28.9. The summed E-state index contributed by atoms with van der Waals surface area (Å²) < 4.78 is 11.4. The number of esters is 2. The summed E-state index contributed by atoms with van der Waals surface area (Å²) in [5.74, 6) is -0.364. The molecule has 0 aliphatic heterocycles. The minimum atomic E-state index is -0.182. The van der Waals surface area contributed by atoms with Crippen LogP contribution in [0.3, 0.4) is 0 Å². The number of aliphatic hydroxyl groups is 1. The smallest absolute Gasteiger partial charge is 0.311 e. The first kappa shape index (κ1) is 43.3. The first-order valence-corrected chi connectivity index (χ1v) is 17.7. The number of hydrogen-bond acceptors (Lipinski definition) is 5. The van der Waals surface area contributed by atoms with Crippen LogP contribution in [0.4, 0.5) is 0 Å². The van der Waals surface area contributed by atoms with Crippen LogP contribution in [0.1, 0.15) is 168 Å². The summed E-state index contributed by atoms with van der Waals surface area (Å²) in [6.45, 7) is 7.15. The topological polar surface area (TPSA) is 72.8 Å². The van der Waals surface area contributed by atoms with Gasteiger partial charge >= 0.3 is 11.9 Å². The molecule has 0 aliphatic rings. The van der Waals surface area contributed by atoms with Crippen LogP contribution in [0.15, 0.2) is 0 Å². The number of carbonyl (C=O) groups excluding carboxylic acids is 2. The second-order valence-electron chi connectivity index (χ2n) is 12.5. The molecule has 0 aromatic carbocycles. The Bertz CT molecular complexity index is 546. The third-order valence-corrected chi connectivity index (χ3v) is 8.37. The van der Waals surface area contributed by atoms with Crippen molar-refractivity contribution in [2.45, 2.75) is 168 Å². The van der Waals surface area contributed by atoms with E-state index >= 15 is 0 Å². The van der Waals surface area contributed by atoms with Gasteiger partial charge in [0.25, 0.3) is 0 Å². The number of nitrogens with zero attached hydrogens (tertiary/aromatic N) is 1. The van der Waals surface area contributed by atoms with Crippen molar-refractivity contribution in [1.82, 2.24) is 0 Å². The molecule has 42 heavy (non-hydrogen) atoms. The third kappa shape index (κ3) is 30.6. The van der Waals surface area contributed by atoms with Crippen LogP contribution in [-0.4, -0.2) is 68.0 Å². The molecule has 0 unspecified atom stereocenters. The van der Waals surface area contributed by atoms with Gasteiger partial charge in [0.1, 0.15) is 6.54 Å².